The number of nitro benzene ring substituents is 1. The molecule has 1 fully saturated rings. The summed E-state index contributed by atoms with van der Waals surface area (Å²) >= 11 is 0. The highest BCUT2D eigenvalue weighted by Gasteiger charge is 2.23. The first-order chi connectivity index (χ1) is 10.1. The molecule has 0 aliphatic carbocycles. The highest BCUT2D eigenvalue weighted by Crippen LogP contribution is 2.12. The summed E-state index contributed by atoms with van der Waals surface area (Å²) < 4.78 is 0. The predicted molar refractivity (Wildman–Crippen MR) is 79.4 cm³/mol. The van der Waals surface area contributed by atoms with Crippen molar-refractivity contribution in [1.82, 2.24) is 5.32 Å². The second-order valence-electron chi connectivity index (χ2n) is 5.55. The Hall–Kier alpha value is -1.95. The average molecular weight is 292 g/mol. The van der Waals surface area contributed by atoms with E-state index >= 15 is 0 Å². The molecule has 0 spiro atoms. The number of hydrogen-bond donors (Lipinski definition) is 2. The number of rotatable bonds is 5. The highest BCUT2D eigenvalue weighted by atomic mass is 16.6. The molecular weight excluding hydrogens is 270 g/mol. The molecule has 6 heteroatoms. The first kappa shape index (κ1) is 15.4. The number of carbonyl (C=O) groups is 1. The number of nitro groups is 1. The summed E-state index contributed by atoms with van der Waals surface area (Å²) in [6, 6.07) is 5.95. The Balaban J connectivity index is 1.86. The maximum Gasteiger partial charge on any atom is 0.269 e. The average Bonchev–Trinajstić information content (AvgIpc) is 2.49. The quantitative estimate of drug-likeness (QED) is 0.622. The van der Waals surface area contributed by atoms with Crippen LogP contribution in [0.2, 0.25) is 0 Å². The molecule has 0 atom stereocenters. The van der Waals surface area contributed by atoms with Gasteiger partial charge in [0.15, 0.2) is 0 Å². The van der Waals surface area contributed by atoms with Crippen LogP contribution in [0.4, 0.5) is 5.69 Å². The van der Waals surface area contributed by atoms with Crippen molar-refractivity contribution in [3.05, 3.63) is 39.9 Å². The van der Waals surface area contributed by atoms with Crippen LogP contribution in [0.1, 0.15) is 36.5 Å². The number of amides is 1. The van der Waals surface area contributed by atoms with Gasteiger partial charge in [0.1, 0.15) is 0 Å². The topological polar surface area (TPSA) is 76.7 Å². The summed E-state index contributed by atoms with van der Waals surface area (Å²) in [5.41, 5.74) is 0.479. The summed E-state index contributed by atoms with van der Waals surface area (Å²) in [5, 5.41) is 13.6. The van der Waals surface area contributed by atoms with Crippen molar-refractivity contribution in [2.45, 2.75) is 32.2 Å². The molecule has 21 heavy (non-hydrogen) atoms. The molecule has 0 radical (unpaired) electrons. The fourth-order valence-electron chi connectivity index (χ4n) is 2.78. The van der Waals surface area contributed by atoms with E-state index in [2.05, 4.69) is 12.2 Å². The summed E-state index contributed by atoms with van der Waals surface area (Å²) in [6.45, 7) is 5.58. The third-order valence-corrected chi connectivity index (χ3v) is 3.97. The fourth-order valence-corrected chi connectivity index (χ4v) is 2.78. The normalized spacial score (nSPS) is 21.8. The van der Waals surface area contributed by atoms with E-state index in [9.17, 15) is 14.9 Å². The zero-order valence-electron chi connectivity index (χ0n) is 12.3. The van der Waals surface area contributed by atoms with Crippen LogP contribution >= 0.6 is 0 Å². The molecule has 1 heterocycles. The zero-order valence-corrected chi connectivity index (χ0v) is 12.3. The van der Waals surface area contributed by atoms with E-state index in [1.807, 2.05) is 0 Å². The third kappa shape index (κ3) is 4.26. The van der Waals surface area contributed by atoms with Crippen LogP contribution in [-0.2, 0) is 0 Å². The zero-order chi connectivity index (χ0) is 15.2. The van der Waals surface area contributed by atoms with Crippen LogP contribution in [0, 0.1) is 10.1 Å². The molecular formula is C15H22N3O3+. The van der Waals surface area contributed by atoms with E-state index in [1.165, 1.54) is 37.2 Å². The molecule has 1 aliphatic rings. The number of carbonyl (C=O) groups excluding carboxylic acids is 1. The molecule has 0 saturated carbocycles. The Labute approximate surface area is 124 Å². The largest absolute Gasteiger partial charge is 0.349 e. The molecule has 6 nitrogen and oxygen atoms in total. The lowest BCUT2D eigenvalue weighted by Gasteiger charge is -2.29. The minimum Gasteiger partial charge on any atom is -0.349 e. The van der Waals surface area contributed by atoms with E-state index in [-0.39, 0.29) is 17.6 Å². The van der Waals surface area contributed by atoms with Crippen LogP contribution in [0.15, 0.2) is 24.3 Å². The van der Waals surface area contributed by atoms with E-state index in [4.69, 9.17) is 0 Å². The summed E-state index contributed by atoms with van der Waals surface area (Å²) in [6.07, 6.45) is 3.18. The van der Waals surface area contributed by atoms with Gasteiger partial charge in [-0.15, -0.1) is 0 Å². The lowest BCUT2D eigenvalue weighted by Crippen LogP contribution is -3.13. The standard InChI is InChI=1S/C15H21N3O3/c1-2-9-17-10-7-13(8-11-17)16-15(19)12-3-5-14(6-4-12)18(20)21/h3-6,13H,2,7-11H2,1H3,(H,16,19)/p+1. The SMILES string of the molecule is CCC[NH+]1CCC(NC(=O)c2ccc([N+](=O)[O-])cc2)CC1. The smallest absolute Gasteiger partial charge is 0.269 e. The maximum absolute atomic E-state index is 12.1. The minimum atomic E-state index is -0.464. The van der Waals surface area contributed by atoms with E-state index in [1.54, 1.807) is 4.90 Å². The molecule has 114 valence electrons. The van der Waals surface area contributed by atoms with Crippen LogP contribution in [0.25, 0.3) is 0 Å². The van der Waals surface area contributed by atoms with Gasteiger partial charge in [-0.05, 0) is 18.6 Å². The Morgan fingerprint density at radius 2 is 1.95 bits per heavy atom. The van der Waals surface area contributed by atoms with Gasteiger partial charge in [-0.25, -0.2) is 0 Å². The lowest BCUT2D eigenvalue weighted by atomic mass is 10.0. The van der Waals surface area contributed by atoms with Gasteiger partial charge in [-0.1, -0.05) is 6.92 Å². The number of non-ortho nitro benzene ring substituents is 1. The number of hydrogen-bond acceptors (Lipinski definition) is 3. The Morgan fingerprint density at radius 3 is 2.48 bits per heavy atom. The Morgan fingerprint density at radius 1 is 1.33 bits per heavy atom. The van der Waals surface area contributed by atoms with Crippen molar-refractivity contribution in [3.63, 3.8) is 0 Å². The van der Waals surface area contributed by atoms with Gasteiger partial charge in [0.05, 0.1) is 24.6 Å². The summed E-state index contributed by atoms with van der Waals surface area (Å²) in [5.74, 6) is -0.145. The first-order valence-electron chi connectivity index (χ1n) is 7.49. The van der Waals surface area contributed by atoms with Gasteiger partial charge in [0, 0.05) is 36.6 Å². The van der Waals surface area contributed by atoms with E-state index in [0.717, 1.165) is 25.9 Å². The second-order valence-corrected chi connectivity index (χ2v) is 5.55. The van der Waals surface area contributed by atoms with Crippen LogP contribution < -0.4 is 10.2 Å². The van der Waals surface area contributed by atoms with Gasteiger partial charge in [-0.2, -0.15) is 0 Å². The van der Waals surface area contributed by atoms with E-state index < -0.39 is 4.92 Å². The number of quaternary nitrogens is 1. The third-order valence-electron chi connectivity index (χ3n) is 3.97. The molecule has 1 aliphatic heterocycles. The van der Waals surface area contributed by atoms with Gasteiger partial charge < -0.3 is 10.2 Å². The van der Waals surface area contributed by atoms with Crippen molar-refractivity contribution in [2.24, 2.45) is 0 Å². The number of benzene rings is 1. The lowest BCUT2D eigenvalue weighted by molar-refractivity contribution is -0.905. The number of piperidine rings is 1. The van der Waals surface area contributed by atoms with Crippen molar-refractivity contribution in [2.75, 3.05) is 19.6 Å². The van der Waals surface area contributed by atoms with E-state index in [0.29, 0.717) is 5.56 Å². The Bertz CT molecular complexity index is 493. The molecule has 1 aromatic carbocycles. The van der Waals surface area contributed by atoms with Crippen molar-refractivity contribution in [3.8, 4) is 0 Å². The fraction of sp³-hybridized carbons (Fsp3) is 0.533. The molecule has 1 aromatic rings. The molecule has 0 unspecified atom stereocenters. The van der Waals surface area contributed by atoms with Crippen LogP contribution in [-0.4, -0.2) is 36.5 Å². The Kier molecular flexibility index (Phi) is 5.27. The van der Waals surface area contributed by atoms with Crippen molar-refractivity contribution < 1.29 is 14.6 Å². The van der Waals surface area contributed by atoms with Crippen molar-refractivity contribution in [1.29, 1.82) is 0 Å². The maximum atomic E-state index is 12.1. The summed E-state index contributed by atoms with van der Waals surface area (Å²) in [7, 11) is 0. The number of nitrogens with one attached hydrogen (secondary N) is 2. The van der Waals surface area contributed by atoms with Gasteiger partial charge in [0.2, 0.25) is 0 Å². The molecule has 2 N–H and O–H groups in total. The number of likely N-dealkylation sites (tertiary alicyclic amines) is 1. The van der Waals surface area contributed by atoms with Crippen LogP contribution in [0.5, 0.6) is 0 Å². The highest BCUT2D eigenvalue weighted by molar-refractivity contribution is 5.94. The first-order valence-corrected chi connectivity index (χ1v) is 7.49. The summed E-state index contributed by atoms with van der Waals surface area (Å²) in [4.78, 5) is 23.8. The molecule has 1 saturated heterocycles. The second kappa shape index (κ2) is 7.17. The van der Waals surface area contributed by atoms with Gasteiger partial charge in [-0.3, -0.25) is 14.9 Å². The van der Waals surface area contributed by atoms with Gasteiger partial charge >= 0.3 is 0 Å². The van der Waals surface area contributed by atoms with Gasteiger partial charge in [0.25, 0.3) is 11.6 Å². The monoisotopic (exact) mass is 292 g/mol. The van der Waals surface area contributed by atoms with Crippen LogP contribution in [0.3, 0.4) is 0 Å². The number of nitrogens with zero attached hydrogens (tertiary/aromatic N) is 1. The predicted octanol–water partition coefficient (Wildman–Crippen LogP) is 0.782. The van der Waals surface area contributed by atoms with Crippen molar-refractivity contribution >= 4 is 11.6 Å². The minimum absolute atomic E-state index is 0.00280. The molecule has 2 rings (SSSR count). The molecule has 0 aromatic heterocycles. The molecule has 0 bridgehead atoms. The molecule has 1 amide bonds.